The van der Waals surface area contributed by atoms with E-state index in [-0.39, 0.29) is 18.9 Å². The molecule has 0 bridgehead atoms. The van der Waals surface area contributed by atoms with Crippen LogP contribution in [0.4, 0.5) is 0 Å². The van der Waals surface area contributed by atoms with Gasteiger partial charge in [0, 0.05) is 13.0 Å². The Morgan fingerprint density at radius 1 is 1.48 bits per heavy atom. The fraction of sp³-hybridized carbons (Fsp3) is 0.462. The molecule has 1 aromatic rings. The van der Waals surface area contributed by atoms with E-state index in [1.54, 1.807) is 17.5 Å². The van der Waals surface area contributed by atoms with Crippen molar-refractivity contribution in [2.75, 3.05) is 6.54 Å². The maximum Gasteiger partial charge on any atom is 0.326 e. The lowest BCUT2D eigenvalue weighted by Crippen LogP contribution is -2.50. The molecule has 0 aromatic carbocycles. The third-order valence-corrected chi connectivity index (χ3v) is 4.18. The van der Waals surface area contributed by atoms with Crippen LogP contribution in [0, 0.1) is 0 Å². The van der Waals surface area contributed by atoms with Gasteiger partial charge in [0.1, 0.15) is 12.1 Å². The van der Waals surface area contributed by atoms with E-state index in [1.807, 2.05) is 0 Å². The van der Waals surface area contributed by atoms with Gasteiger partial charge in [0.15, 0.2) is 0 Å². The number of nitrogens with one attached hydrogen (secondary N) is 1. The first-order chi connectivity index (χ1) is 9.90. The number of carboxylic acid groups (broad SMARTS) is 1. The van der Waals surface area contributed by atoms with Crippen LogP contribution in [-0.4, -0.2) is 57.6 Å². The van der Waals surface area contributed by atoms with Crippen molar-refractivity contribution in [2.24, 2.45) is 0 Å². The van der Waals surface area contributed by atoms with Gasteiger partial charge in [-0.05, 0) is 18.4 Å². The first-order valence-corrected chi connectivity index (χ1v) is 7.34. The number of hydrogen-bond acceptors (Lipinski definition) is 5. The smallest absolute Gasteiger partial charge is 0.326 e. The normalized spacial score (nSPS) is 22.9. The van der Waals surface area contributed by atoms with E-state index in [0.29, 0.717) is 4.88 Å². The number of hydrogen-bond donors (Lipinski definition) is 3. The molecule has 3 N–H and O–H groups in total. The minimum atomic E-state index is -1.16. The van der Waals surface area contributed by atoms with Crippen molar-refractivity contribution in [2.45, 2.75) is 31.5 Å². The van der Waals surface area contributed by atoms with E-state index in [1.165, 1.54) is 18.3 Å². The summed E-state index contributed by atoms with van der Waals surface area (Å²) in [5.41, 5.74) is 0. The van der Waals surface area contributed by atoms with Crippen molar-refractivity contribution >= 4 is 29.1 Å². The molecule has 1 unspecified atom stereocenters. The fourth-order valence-corrected chi connectivity index (χ4v) is 2.90. The van der Waals surface area contributed by atoms with Crippen LogP contribution in [0.1, 0.15) is 23.0 Å². The van der Waals surface area contributed by atoms with Gasteiger partial charge in [0.25, 0.3) is 5.91 Å². The number of carboxylic acids is 1. The lowest BCUT2D eigenvalue weighted by atomic mass is 10.2. The van der Waals surface area contributed by atoms with Crippen molar-refractivity contribution in [3.63, 3.8) is 0 Å². The Bertz CT molecular complexity index is 545. The van der Waals surface area contributed by atoms with Gasteiger partial charge >= 0.3 is 5.97 Å². The molecule has 1 aliphatic rings. The molecule has 2 heterocycles. The number of rotatable bonds is 4. The summed E-state index contributed by atoms with van der Waals surface area (Å²) in [4.78, 5) is 36.8. The van der Waals surface area contributed by atoms with Crippen LogP contribution < -0.4 is 5.32 Å². The number of aliphatic hydroxyl groups excluding tert-OH is 1. The maximum atomic E-state index is 12.3. The average molecular weight is 312 g/mol. The second-order valence-electron chi connectivity index (χ2n) is 4.91. The Morgan fingerprint density at radius 3 is 2.76 bits per heavy atom. The third kappa shape index (κ3) is 3.40. The molecular formula is C13H16N2O5S. The predicted molar refractivity (Wildman–Crippen MR) is 75.0 cm³/mol. The van der Waals surface area contributed by atoms with Crippen molar-refractivity contribution < 1.29 is 24.6 Å². The molecule has 3 atom stereocenters. The number of amides is 2. The van der Waals surface area contributed by atoms with Gasteiger partial charge in [0.2, 0.25) is 5.91 Å². The quantitative estimate of drug-likeness (QED) is 0.720. The number of nitrogens with zero attached hydrogens (tertiary/aromatic N) is 1. The Labute approximate surface area is 125 Å². The second kappa shape index (κ2) is 6.23. The van der Waals surface area contributed by atoms with Gasteiger partial charge in [-0.3, -0.25) is 9.59 Å². The lowest BCUT2D eigenvalue weighted by molar-refractivity contribution is -0.148. The van der Waals surface area contributed by atoms with Crippen LogP contribution in [0.25, 0.3) is 0 Å². The summed E-state index contributed by atoms with van der Waals surface area (Å²) in [5, 5.41) is 22.9. The summed E-state index contributed by atoms with van der Waals surface area (Å²) in [6.45, 7) is 1.46. The molecule has 2 amide bonds. The minimum Gasteiger partial charge on any atom is -0.480 e. The molecule has 7 nitrogen and oxygen atoms in total. The average Bonchev–Trinajstić information content (AvgIpc) is 3.06. The number of carbonyl (C=O) groups is 3. The summed E-state index contributed by atoms with van der Waals surface area (Å²) in [5.74, 6) is -2.04. The summed E-state index contributed by atoms with van der Waals surface area (Å²) >= 11 is 1.25. The molecule has 8 heteroatoms. The molecule has 1 fully saturated rings. The molecule has 0 spiro atoms. The molecule has 2 rings (SSSR count). The highest BCUT2D eigenvalue weighted by molar-refractivity contribution is 7.12. The van der Waals surface area contributed by atoms with Gasteiger partial charge in [0.05, 0.1) is 11.0 Å². The topological polar surface area (TPSA) is 107 Å². The molecule has 21 heavy (non-hydrogen) atoms. The van der Waals surface area contributed by atoms with Crippen LogP contribution >= 0.6 is 11.3 Å². The fourth-order valence-electron chi connectivity index (χ4n) is 2.28. The van der Waals surface area contributed by atoms with E-state index in [4.69, 9.17) is 5.11 Å². The molecule has 1 aromatic heterocycles. The molecule has 1 saturated heterocycles. The Balaban J connectivity index is 2.02. The van der Waals surface area contributed by atoms with E-state index in [2.05, 4.69) is 5.32 Å². The van der Waals surface area contributed by atoms with Crippen molar-refractivity contribution in [3.8, 4) is 0 Å². The maximum absolute atomic E-state index is 12.3. The van der Waals surface area contributed by atoms with Crippen LogP contribution in [-0.2, 0) is 9.59 Å². The molecule has 0 aliphatic carbocycles. The van der Waals surface area contributed by atoms with Gasteiger partial charge in [-0.15, -0.1) is 11.3 Å². The highest BCUT2D eigenvalue weighted by atomic mass is 32.1. The lowest BCUT2D eigenvalue weighted by Gasteiger charge is -2.25. The zero-order chi connectivity index (χ0) is 15.6. The van der Waals surface area contributed by atoms with Gasteiger partial charge < -0.3 is 20.4 Å². The zero-order valence-corrected chi connectivity index (χ0v) is 12.2. The summed E-state index contributed by atoms with van der Waals surface area (Å²) in [6, 6.07) is 1.46. The standard InChI is InChI=1S/C13H16N2O5S/c1-7(14-11(17)10-3-2-4-21-10)12(18)15-6-8(16)5-9(15)13(19)20/h2-4,7-9,16H,5-6H2,1H3,(H,14,17)(H,19,20)/t7?,8-,9+/m1/s1. The van der Waals surface area contributed by atoms with E-state index >= 15 is 0 Å². The van der Waals surface area contributed by atoms with Crippen LogP contribution in [0.3, 0.4) is 0 Å². The second-order valence-corrected chi connectivity index (χ2v) is 5.85. The van der Waals surface area contributed by atoms with Gasteiger partial charge in [-0.25, -0.2) is 4.79 Å². The van der Waals surface area contributed by atoms with E-state index < -0.39 is 30.1 Å². The Hall–Kier alpha value is -1.93. The minimum absolute atomic E-state index is 0.00661. The third-order valence-electron chi connectivity index (χ3n) is 3.31. The highest BCUT2D eigenvalue weighted by Gasteiger charge is 2.40. The summed E-state index contributed by atoms with van der Waals surface area (Å²) in [7, 11) is 0. The van der Waals surface area contributed by atoms with Crippen molar-refractivity contribution in [1.29, 1.82) is 0 Å². The first-order valence-electron chi connectivity index (χ1n) is 6.46. The Morgan fingerprint density at radius 2 is 2.19 bits per heavy atom. The first kappa shape index (κ1) is 15.5. The number of aliphatic hydroxyl groups is 1. The van der Waals surface area contributed by atoms with Gasteiger partial charge in [-0.2, -0.15) is 0 Å². The van der Waals surface area contributed by atoms with Crippen LogP contribution in [0.15, 0.2) is 17.5 Å². The summed E-state index contributed by atoms with van der Waals surface area (Å²) < 4.78 is 0. The van der Waals surface area contributed by atoms with E-state index in [0.717, 1.165) is 4.90 Å². The molecule has 114 valence electrons. The van der Waals surface area contributed by atoms with Crippen molar-refractivity contribution in [1.82, 2.24) is 10.2 Å². The SMILES string of the molecule is CC(NC(=O)c1cccs1)C(=O)N1C[C@H](O)C[C@H]1C(=O)O. The largest absolute Gasteiger partial charge is 0.480 e. The number of likely N-dealkylation sites (tertiary alicyclic amines) is 1. The molecule has 0 radical (unpaired) electrons. The van der Waals surface area contributed by atoms with E-state index in [9.17, 15) is 19.5 Å². The summed E-state index contributed by atoms with van der Waals surface area (Å²) in [6.07, 6.45) is -0.845. The highest BCUT2D eigenvalue weighted by Crippen LogP contribution is 2.19. The zero-order valence-electron chi connectivity index (χ0n) is 11.4. The number of thiophene rings is 1. The Kier molecular flexibility index (Phi) is 4.59. The predicted octanol–water partition coefficient (Wildman–Crippen LogP) is -0.0872. The molecule has 0 saturated carbocycles. The van der Waals surface area contributed by atoms with Gasteiger partial charge in [-0.1, -0.05) is 6.07 Å². The number of β-amino-alcohol motifs (C(OH)–C–C–N with tert-alkyl or cyclic N) is 1. The molecular weight excluding hydrogens is 296 g/mol. The van der Waals surface area contributed by atoms with Crippen LogP contribution in [0.2, 0.25) is 0 Å². The van der Waals surface area contributed by atoms with Crippen molar-refractivity contribution in [3.05, 3.63) is 22.4 Å². The monoisotopic (exact) mass is 312 g/mol. The van der Waals surface area contributed by atoms with Crippen LogP contribution in [0.5, 0.6) is 0 Å². The number of carbonyl (C=O) groups excluding carboxylic acids is 2. The molecule has 1 aliphatic heterocycles. The number of aliphatic carboxylic acids is 1.